The maximum atomic E-state index is 6.27. The fourth-order valence-electron chi connectivity index (χ4n) is 2.42. The molecule has 21 heavy (non-hydrogen) atoms. The predicted molar refractivity (Wildman–Crippen MR) is 96.8 cm³/mol. The third-order valence-corrected chi connectivity index (χ3v) is 5.77. The average Bonchev–Trinajstić information content (AvgIpc) is 2.48. The quantitative estimate of drug-likeness (QED) is 0.535. The Labute approximate surface area is 139 Å². The number of alkyl halides is 1. The van der Waals surface area contributed by atoms with Gasteiger partial charge in [0, 0.05) is 10.7 Å². The van der Waals surface area contributed by atoms with E-state index >= 15 is 0 Å². The van der Waals surface area contributed by atoms with Gasteiger partial charge in [0.15, 0.2) is 0 Å². The lowest BCUT2D eigenvalue weighted by atomic mass is 9.84. The van der Waals surface area contributed by atoms with Crippen LogP contribution in [0.1, 0.15) is 65.5 Å². The van der Waals surface area contributed by atoms with Crippen LogP contribution in [-0.4, -0.2) is 11.9 Å². The largest absolute Gasteiger partial charge is 0.493 e. The van der Waals surface area contributed by atoms with Gasteiger partial charge in [-0.1, -0.05) is 69.6 Å². The van der Waals surface area contributed by atoms with Gasteiger partial charge in [-0.25, -0.2) is 0 Å². The van der Waals surface area contributed by atoms with Crippen LogP contribution in [0.25, 0.3) is 0 Å². The molecular formula is C19H31BrO. The molecule has 0 fully saturated rings. The van der Waals surface area contributed by atoms with E-state index in [9.17, 15) is 0 Å². The maximum absolute atomic E-state index is 6.27. The highest BCUT2D eigenvalue weighted by Crippen LogP contribution is 2.35. The molecule has 2 heteroatoms. The molecule has 0 radical (unpaired) electrons. The normalized spacial score (nSPS) is 12.5. The van der Waals surface area contributed by atoms with Crippen molar-refractivity contribution in [2.45, 2.75) is 66.2 Å². The van der Waals surface area contributed by atoms with Gasteiger partial charge >= 0.3 is 0 Å². The lowest BCUT2D eigenvalue weighted by molar-refractivity contribution is 0.155. The van der Waals surface area contributed by atoms with Crippen molar-refractivity contribution in [2.75, 3.05) is 11.9 Å². The van der Waals surface area contributed by atoms with Gasteiger partial charge in [-0.05, 0) is 41.9 Å². The minimum Gasteiger partial charge on any atom is -0.493 e. The second kappa shape index (κ2) is 7.67. The van der Waals surface area contributed by atoms with Gasteiger partial charge in [-0.2, -0.15) is 0 Å². The van der Waals surface area contributed by atoms with Gasteiger partial charge < -0.3 is 4.74 Å². The summed E-state index contributed by atoms with van der Waals surface area (Å²) in [6.07, 6.45) is 3.33. The van der Waals surface area contributed by atoms with E-state index in [-0.39, 0.29) is 10.8 Å². The fourth-order valence-corrected chi connectivity index (χ4v) is 3.38. The Bertz CT molecular complexity index is 433. The van der Waals surface area contributed by atoms with Crippen molar-refractivity contribution in [3.63, 3.8) is 0 Å². The van der Waals surface area contributed by atoms with Crippen LogP contribution in [-0.2, 0) is 11.8 Å². The van der Waals surface area contributed by atoms with E-state index < -0.39 is 0 Å². The van der Waals surface area contributed by atoms with Crippen molar-refractivity contribution in [2.24, 2.45) is 5.41 Å². The number of rotatable bonds is 7. The first-order chi connectivity index (χ1) is 9.81. The van der Waals surface area contributed by atoms with Crippen LogP contribution >= 0.6 is 15.9 Å². The summed E-state index contributed by atoms with van der Waals surface area (Å²) < 4.78 is 6.27. The molecule has 0 spiro atoms. The summed E-state index contributed by atoms with van der Waals surface area (Å²) in [5.74, 6) is 1.05. The summed E-state index contributed by atoms with van der Waals surface area (Å²) in [6.45, 7) is 14.2. The zero-order valence-corrected chi connectivity index (χ0v) is 16.1. The second-order valence-electron chi connectivity index (χ2n) is 7.06. The van der Waals surface area contributed by atoms with Gasteiger partial charge in [-0.15, -0.1) is 0 Å². The van der Waals surface area contributed by atoms with Crippen molar-refractivity contribution in [3.05, 3.63) is 29.3 Å². The molecule has 0 atom stereocenters. The lowest BCUT2D eigenvalue weighted by Crippen LogP contribution is -2.29. The lowest BCUT2D eigenvalue weighted by Gasteiger charge is -2.31. The van der Waals surface area contributed by atoms with Crippen LogP contribution in [0.15, 0.2) is 18.2 Å². The molecule has 0 N–H and O–H groups in total. The first-order valence-electron chi connectivity index (χ1n) is 8.14. The van der Waals surface area contributed by atoms with Crippen LogP contribution in [0, 0.1) is 5.41 Å². The Morgan fingerprint density at radius 3 is 2.10 bits per heavy atom. The second-order valence-corrected chi connectivity index (χ2v) is 7.62. The Kier molecular flexibility index (Phi) is 6.77. The minimum atomic E-state index is 0.107. The number of hydrogen-bond acceptors (Lipinski definition) is 1. The van der Waals surface area contributed by atoms with Gasteiger partial charge in [0.25, 0.3) is 0 Å². The first kappa shape index (κ1) is 18.5. The summed E-state index contributed by atoms with van der Waals surface area (Å²) in [4.78, 5) is 0. The van der Waals surface area contributed by atoms with E-state index in [2.05, 4.69) is 75.7 Å². The van der Waals surface area contributed by atoms with Crippen LogP contribution in [0.4, 0.5) is 0 Å². The van der Waals surface area contributed by atoms with Crippen molar-refractivity contribution in [1.82, 2.24) is 0 Å². The van der Waals surface area contributed by atoms with Crippen molar-refractivity contribution < 1.29 is 4.74 Å². The summed E-state index contributed by atoms with van der Waals surface area (Å²) in [5.41, 5.74) is 3.04. The number of ether oxygens (including phenoxy) is 1. The SMILES string of the molecule is CCc1ccc(OCC(CC)(CC)CBr)c(C(C)(C)C)c1. The molecule has 0 saturated carbocycles. The minimum absolute atomic E-state index is 0.107. The van der Waals surface area contributed by atoms with Crippen LogP contribution in [0.5, 0.6) is 5.75 Å². The third kappa shape index (κ3) is 4.74. The molecule has 0 saturated heterocycles. The Morgan fingerprint density at radius 2 is 1.67 bits per heavy atom. The molecule has 0 aromatic heterocycles. The van der Waals surface area contributed by atoms with Gasteiger partial charge in [0.1, 0.15) is 5.75 Å². The summed E-state index contributed by atoms with van der Waals surface area (Å²) in [5, 5.41) is 0.991. The topological polar surface area (TPSA) is 9.23 Å². The van der Waals surface area contributed by atoms with Crippen molar-refractivity contribution >= 4 is 15.9 Å². The van der Waals surface area contributed by atoms with E-state index in [1.165, 1.54) is 11.1 Å². The zero-order chi connectivity index (χ0) is 16.1. The maximum Gasteiger partial charge on any atom is 0.123 e. The standard InChI is InChI=1S/C19H31BrO/c1-7-15-10-11-17(16(12-15)18(4,5)6)21-14-19(8-2,9-3)13-20/h10-12H,7-9,13-14H2,1-6H3. The highest BCUT2D eigenvalue weighted by atomic mass is 79.9. The van der Waals surface area contributed by atoms with E-state index in [1.54, 1.807) is 0 Å². The molecule has 0 unspecified atom stereocenters. The molecule has 0 aliphatic heterocycles. The van der Waals surface area contributed by atoms with Gasteiger partial charge in [-0.3, -0.25) is 0 Å². The Hall–Kier alpha value is -0.500. The molecule has 0 aliphatic carbocycles. The first-order valence-corrected chi connectivity index (χ1v) is 9.26. The molecule has 0 bridgehead atoms. The van der Waals surface area contributed by atoms with Crippen LogP contribution in [0.3, 0.4) is 0 Å². The molecule has 1 rings (SSSR count). The summed E-state index contributed by atoms with van der Waals surface area (Å²) >= 11 is 3.67. The van der Waals surface area contributed by atoms with E-state index in [4.69, 9.17) is 4.74 Å². The zero-order valence-electron chi connectivity index (χ0n) is 14.6. The van der Waals surface area contributed by atoms with Crippen LogP contribution < -0.4 is 4.74 Å². The molecule has 1 aromatic rings. The number of halogens is 1. The molecule has 1 aromatic carbocycles. The predicted octanol–water partition coefficient (Wildman–Crippen LogP) is 6.13. The molecule has 0 heterocycles. The third-order valence-electron chi connectivity index (χ3n) is 4.58. The van der Waals surface area contributed by atoms with Gasteiger partial charge in [0.2, 0.25) is 0 Å². The Balaban J connectivity index is 3.03. The highest BCUT2D eigenvalue weighted by Gasteiger charge is 2.27. The molecule has 0 aliphatic rings. The monoisotopic (exact) mass is 354 g/mol. The highest BCUT2D eigenvalue weighted by molar-refractivity contribution is 9.09. The van der Waals surface area contributed by atoms with Crippen LogP contribution in [0.2, 0.25) is 0 Å². The van der Waals surface area contributed by atoms with E-state index in [1.807, 2.05) is 0 Å². The van der Waals surface area contributed by atoms with Crippen molar-refractivity contribution in [3.8, 4) is 5.75 Å². The average molecular weight is 355 g/mol. The summed E-state index contributed by atoms with van der Waals surface area (Å²) in [6, 6.07) is 6.66. The number of hydrogen-bond donors (Lipinski definition) is 0. The Morgan fingerprint density at radius 1 is 1.05 bits per heavy atom. The van der Waals surface area contributed by atoms with Gasteiger partial charge in [0.05, 0.1) is 6.61 Å². The van der Waals surface area contributed by atoms with Crippen molar-refractivity contribution in [1.29, 1.82) is 0 Å². The molecule has 120 valence electrons. The van der Waals surface area contributed by atoms with E-state index in [0.29, 0.717) is 0 Å². The van der Waals surface area contributed by atoms with E-state index in [0.717, 1.165) is 36.9 Å². The molecule has 1 nitrogen and oxygen atoms in total. The number of aryl methyl sites for hydroxylation is 1. The molecule has 0 amide bonds. The molecular weight excluding hydrogens is 324 g/mol. The fraction of sp³-hybridized carbons (Fsp3) is 0.684. The smallest absolute Gasteiger partial charge is 0.123 e. The number of benzene rings is 1. The summed E-state index contributed by atoms with van der Waals surface area (Å²) in [7, 11) is 0.